The Bertz CT molecular complexity index is 661. The molecule has 0 bridgehead atoms. The lowest BCUT2D eigenvalue weighted by Crippen LogP contribution is -2.14. The topological polar surface area (TPSA) is 32.9 Å². The van der Waals surface area contributed by atoms with E-state index < -0.39 is 28.3 Å². The number of hydrogen-bond acceptors (Lipinski definition) is 1. The molecule has 1 aromatic heterocycles. The largest absolute Gasteiger partial charge is 0.358 e. The van der Waals surface area contributed by atoms with Crippen LogP contribution in [0, 0.1) is 24.4 Å². The molecule has 17 heavy (non-hydrogen) atoms. The number of benzene rings is 1. The molecule has 2 aromatic rings. The molecule has 0 aliphatic rings. The maximum absolute atomic E-state index is 13.5. The summed E-state index contributed by atoms with van der Waals surface area (Å²) in [7, 11) is 0. The zero-order valence-electron chi connectivity index (χ0n) is 9.33. The molecule has 0 saturated heterocycles. The average molecular weight is 241 g/mol. The number of nitrogens with one attached hydrogen (secondary N) is 1. The van der Waals surface area contributed by atoms with E-state index in [2.05, 4.69) is 4.98 Å². The van der Waals surface area contributed by atoms with Gasteiger partial charge < -0.3 is 4.98 Å². The van der Waals surface area contributed by atoms with Crippen molar-refractivity contribution in [3.63, 3.8) is 0 Å². The fourth-order valence-corrected chi connectivity index (χ4v) is 1.85. The first-order valence-electron chi connectivity index (χ1n) is 5.16. The zero-order chi connectivity index (χ0) is 12.7. The summed E-state index contributed by atoms with van der Waals surface area (Å²) < 4.78 is 39.6. The molecular weight excluding hydrogens is 231 g/mol. The van der Waals surface area contributed by atoms with Crippen molar-refractivity contribution in [1.29, 1.82) is 0 Å². The average Bonchev–Trinajstić information content (AvgIpc) is 2.30. The molecule has 1 N–H and O–H groups in total. The van der Waals surface area contributed by atoms with Crippen LogP contribution in [0.2, 0.25) is 0 Å². The minimum atomic E-state index is -1.62. The predicted octanol–water partition coefficient (Wildman–Crippen LogP) is 2.82. The monoisotopic (exact) mass is 241 g/mol. The molecule has 90 valence electrons. The highest BCUT2D eigenvalue weighted by Crippen LogP contribution is 2.20. The van der Waals surface area contributed by atoms with Gasteiger partial charge in [-0.15, -0.1) is 0 Å². The molecule has 0 saturated carbocycles. The van der Waals surface area contributed by atoms with Crippen molar-refractivity contribution in [2.45, 2.75) is 20.3 Å². The lowest BCUT2D eigenvalue weighted by Gasteiger charge is -2.07. The Kier molecular flexibility index (Phi) is 2.69. The van der Waals surface area contributed by atoms with Gasteiger partial charge in [-0.05, 0) is 13.3 Å². The molecule has 0 atom stereocenters. The molecule has 0 spiro atoms. The van der Waals surface area contributed by atoms with Crippen molar-refractivity contribution in [2.24, 2.45) is 0 Å². The fourth-order valence-electron chi connectivity index (χ4n) is 1.85. The summed E-state index contributed by atoms with van der Waals surface area (Å²) in [5.41, 5.74) is 0.290. The second-order valence-electron chi connectivity index (χ2n) is 3.82. The van der Waals surface area contributed by atoms with E-state index in [1.54, 1.807) is 6.92 Å². The van der Waals surface area contributed by atoms with Crippen LogP contribution in [0.5, 0.6) is 0 Å². The highest BCUT2D eigenvalue weighted by molar-refractivity contribution is 5.80. The van der Waals surface area contributed by atoms with E-state index in [0.717, 1.165) is 6.07 Å². The van der Waals surface area contributed by atoms with Gasteiger partial charge in [0.05, 0.1) is 10.9 Å². The van der Waals surface area contributed by atoms with Crippen LogP contribution >= 0.6 is 0 Å². The Morgan fingerprint density at radius 3 is 2.47 bits per heavy atom. The predicted molar refractivity (Wildman–Crippen MR) is 58.6 cm³/mol. The molecule has 0 aliphatic carbocycles. The fraction of sp³-hybridized carbons (Fsp3) is 0.250. The molecule has 0 fully saturated rings. The number of pyridine rings is 1. The Morgan fingerprint density at radius 1 is 1.24 bits per heavy atom. The van der Waals surface area contributed by atoms with Gasteiger partial charge in [0.15, 0.2) is 22.9 Å². The molecule has 2 nitrogen and oxygen atoms in total. The number of aromatic nitrogens is 1. The van der Waals surface area contributed by atoms with Crippen molar-refractivity contribution < 1.29 is 13.2 Å². The highest BCUT2D eigenvalue weighted by atomic mass is 19.2. The standard InChI is InChI=1S/C12H10F3NO/c1-3-7-5(2)12(17)9-8(16-7)4-6(13)10(14)11(9)15/h4H,3H2,1-2H3,(H,16,17). The molecule has 0 radical (unpaired) electrons. The van der Waals surface area contributed by atoms with Crippen LogP contribution in [-0.4, -0.2) is 4.98 Å². The lowest BCUT2D eigenvalue weighted by molar-refractivity contribution is 0.453. The van der Waals surface area contributed by atoms with Gasteiger partial charge in [0.2, 0.25) is 0 Å². The molecular formula is C12H10F3NO. The number of H-pyrrole nitrogens is 1. The Morgan fingerprint density at radius 2 is 1.88 bits per heavy atom. The quantitative estimate of drug-likeness (QED) is 0.765. The van der Waals surface area contributed by atoms with Crippen molar-refractivity contribution >= 4 is 10.9 Å². The van der Waals surface area contributed by atoms with E-state index in [4.69, 9.17) is 0 Å². The van der Waals surface area contributed by atoms with Gasteiger partial charge in [0.1, 0.15) is 0 Å². The summed E-state index contributed by atoms with van der Waals surface area (Å²) >= 11 is 0. The van der Waals surface area contributed by atoms with Crippen LogP contribution in [-0.2, 0) is 6.42 Å². The third-order valence-electron chi connectivity index (χ3n) is 2.82. The first-order chi connectivity index (χ1) is 7.97. The number of aryl methyl sites for hydroxylation is 1. The van der Waals surface area contributed by atoms with E-state index in [-0.39, 0.29) is 5.52 Å². The zero-order valence-corrected chi connectivity index (χ0v) is 9.33. The number of rotatable bonds is 1. The third-order valence-corrected chi connectivity index (χ3v) is 2.82. The van der Waals surface area contributed by atoms with E-state index in [9.17, 15) is 18.0 Å². The minimum absolute atomic E-state index is 0.0196. The minimum Gasteiger partial charge on any atom is -0.358 e. The van der Waals surface area contributed by atoms with Crippen molar-refractivity contribution in [3.05, 3.63) is 45.0 Å². The first-order valence-corrected chi connectivity index (χ1v) is 5.16. The van der Waals surface area contributed by atoms with Gasteiger partial charge in [-0.2, -0.15) is 0 Å². The van der Waals surface area contributed by atoms with Gasteiger partial charge in [0.25, 0.3) is 0 Å². The maximum atomic E-state index is 13.5. The number of aromatic amines is 1. The number of fused-ring (bicyclic) bond motifs is 1. The first kappa shape index (κ1) is 11.7. The molecule has 2 rings (SSSR count). The van der Waals surface area contributed by atoms with Gasteiger partial charge in [-0.1, -0.05) is 6.92 Å². The number of hydrogen-bond donors (Lipinski definition) is 1. The molecule has 0 amide bonds. The summed E-state index contributed by atoms with van der Waals surface area (Å²) in [6.45, 7) is 3.33. The Hall–Kier alpha value is -1.78. The van der Waals surface area contributed by atoms with Crippen LogP contribution in [0.15, 0.2) is 10.9 Å². The van der Waals surface area contributed by atoms with Crippen molar-refractivity contribution in [3.8, 4) is 0 Å². The summed E-state index contributed by atoms with van der Waals surface area (Å²) in [6, 6.07) is 0.799. The highest BCUT2D eigenvalue weighted by Gasteiger charge is 2.18. The van der Waals surface area contributed by atoms with Gasteiger partial charge in [-0.25, -0.2) is 13.2 Å². The second-order valence-corrected chi connectivity index (χ2v) is 3.82. The summed E-state index contributed by atoms with van der Waals surface area (Å²) in [6.07, 6.45) is 0.525. The molecule has 1 aromatic carbocycles. The molecule has 5 heteroatoms. The van der Waals surface area contributed by atoms with Crippen molar-refractivity contribution in [1.82, 2.24) is 4.98 Å². The van der Waals surface area contributed by atoms with Crippen LogP contribution in [0.1, 0.15) is 18.2 Å². The number of halogens is 3. The van der Waals surface area contributed by atoms with Crippen molar-refractivity contribution in [2.75, 3.05) is 0 Å². The van der Waals surface area contributed by atoms with Crippen LogP contribution in [0.3, 0.4) is 0 Å². The normalized spacial score (nSPS) is 11.1. The van der Waals surface area contributed by atoms with E-state index in [0.29, 0.717) is 17.7 Å². The second kappa shape index (κ2) is 3.91. The SMILES string of the molecule is CCc1[nH]c2cc(F)c(F)c(F)c2c(=O)c1C. The van der Waals surface area contributed by atoms with Gasteiger partial charge >= 0.3 is 0 Å². The van der Waals surface area contributed by atoms with E-state index in [1.165, 1.54) is 6.92 Å². The van der Waals surface area contributed by atoms with Gasteiger partial charge in [-0.3, -0.25) is 4.79 Å². The molecule has 0 aliphatic heterocycles. The third kappa shape index (κ3) is 1.62. The van der Waals surface area contributed by atoms with E-state index in [1.807, 2.05) is 0 Å². The maximum Gasteiger partial charge on any atom is 0.195 e. The lowest BCUT2D eigenvalue weighted by atomic mass is 10.1. The smallest absolute Gasteiger partial charge is 0.195 e. The van der Waals surface area contributed by atoms with Crippen LogP contribution in [0.25, 0.3) is 10.9 Å². The molecule has 0 unspecified atom stereocenters. The van der Waals surface area contributed by atoms with Crippen LogP contribution in [0.4, 0.5) is 13.2 Å². The Balaban J connectivity index is 3.03. The van der Waals surface area contributed by atoms with E-state index >= 15 is 0 Å². The summed E-state index contributed by atoms with van der Waals surface area (Å²) in [5.74, 6) is -4.37. The summed E-state index contributed by atoms with van der Waals surface area (Å²) in [4.78, 5) is 14.6. The molecule has 1 heterocycles. The Labute approximate surface area is 95.1 Å². The van der Waals surface area contributed by atoms with Gasteiger partial charge in [0, 0.05) is 17.3 Å². The summed E-state index contributed by atoms with van der Waals surface area (Å²) in [5, 5.41) is -0.432. The van der Waals surface area contributed by atoms with Crippen LogP contribution < -0.4 is 5.43 Å².